The van der Waals surface area contributed by atoms with Gasteiger partial charge in [-0.05, 0) is 74.0 Å². The quantitative estimate of drug-likeness (QED) is 0.241. The van der Waals surface area contributed by atoms with Gasteiger partial charge < -0.3 is 14.8 Å². The Balaban J connectivity index is 1.63. The molecule has 218 valence electrons. The van der Waals surface area contributed by atoms with Gasteiger partial charge in [-0.15, -0.1) is 5.10 Å². The standard InChI is InChI=1S/C30H36FN5O4S/c1-19(2)40-26(37)30(18-29(3,4)5,33-27(41)32-28(38)39-17-20-9-7-6-8-10-20)21-11-14-23(24(31)15-21)25-16-36(35-34-25)22-12-13-22/h6-11,14-16,19,22H,12-13,17-18H2,1-5H3,(H2,32,33,38,41)/t30-/m1/s1. The van der Waals surface area contributed by atoms with Crippen molar-refractivity contribution in [1.29, 1.82) is 0 Å². The van der Waals surface area contributed by atoms with Crippen LogP contribution in [0.2, 0.25) is 0 Å². The van der Waals surface area contributed by atoms with E-state index in [9.17, 15) is 9.59 Å². The number of carbonyl (C=O) groups excluding carboxylic acids is 2. The molecule has 2 aromatic carbocycles. The lowest BCUT2D eigenvalue weighted by atomic mass is 9.75. The van der Waals surface area contributed by atoms with Crippen LogP contribution in [-0.4, -0.2) is 38.3 Å². The highest BCUT2D eigenvalue weighted by Gasteiger charge is 2.46. The molecule has 1 heterocycles. The highest BCUT2D eigenvalue weighted by atomic mass is 32.1. The Kier molecular flexibility index (Phi) is 9.06. The number of hydrogen-bond donors (Lipinski definition) is 2. The van der Waals surface area contributed by atoms with Crippen LogP contribution < -0.4 is 10.6 Å². The van der Waals surface area contributed by atoms with Gasteiger partial charge in [0.15, 0.2) is 10.7 Å². The zero-order valence-corrected chi connectivity index (χ0v) is 24.8. The van der Waals surface area contributed by atoms with Crippen molar-refractivity contribution in [2.24, 2.45) is 5.41 Å². The molecule has 11 heteroatoms. The predicted octanol–water partition coefficient (Wildman–Crippen LogP) is 5.80. The fourth-order valence-corrected chi connectivity index (χ4v) is 4.81. The van der Waals surface area contributed by atoms with Crippen LogP contribution in [-0.2, 0) is 26.4 Å². The normalized spacial score (nSPS) is 14.7. The molecule has 2 N–H and O–H groups in total. The Hall–Kier alpha value is -3.86. The van der Waals surface area contributed by atoms with Crippen molar-refractivity contribution in [2.45, 2.75) is 78.2 Å². The summed E-state index contributed by atoms with van der Waals surface area (Å²) in [4.78, 5) is 26.3. The van der Waals surface area contributed by atoms with E-state index in [0.717, 1.165) is 18.4 Å². The zero-order valence-electron chi connectivity index (χ0n) is 23.9. The Morgan fingerprint density at radius 1 is 1.15 bits per heavy atom. The number of nitrogens with one attached hydrogen (secondary N) is 2. The number of aromatic nitrogens is 3. The van der Waals surface area contributed by atoms with E-state index in [1.807, 2.05) is 51.1 Å². The second-order valence-corrected chi connectivity index (χ2v) is 12.2. The first-order valence-electron chi connectivity index (χ1n) is 13.6. The molecule has 41 heavy (non-hydrogen) atoms. The number of hydrogen-bond acceptors (Lipinski definition) is 7. The van der Waals surface area contributed by atoms with Crippen LogP contribution in [0.4, 0.5) is 9.18 Å². The molecule has 0 unspecified atom stereocenters. The molecule has 0 saturated heterocycles. The van der Waals surface area contributed by atoms with Crippen LogP contribution in [0.15, 0.2) is 54.7 Å². The van der Waals surface area contributed by atoms with Crippen LogP contribution in [0.3, 0.4) is 0 Å². The highest BCUT2D eigenvalue weighted by Crippen LogP contribution is 2.39. The van der Waals surface area contributed by atoms with E-state index in [1.165, 1.54) is 6.07 Å². The van der Waals surface area contributed by atoms with Gasteiger partial charge in [-0.1, -0.05) is 62.4 Å². The SMILES string of the molecule is CC(C)OC(=O)[C@](CC(C)(C)C)(NC(=S)NC(=O)OCc1ccccc1)c1ccc(-c2cn(C3CC3)nn2)c(F)c1. The first kappa shape index (κ1) is 30.1. The number of ether oxygens (including phenoxy) is 2. The van der Waals surface area contributed by atoms with Crippen molar-refractivity contribution < 1.29 is 23.5 Å². The van der Waals surface area contributed by atoms with E-state index < -0.39 is 34.9 Å². The van der Waals surface area contributed by atoms with Crippen molar-refractivity contribution in [3.05, 3.63) is 71.7 Å². The molecule has 1 aromatic heterocycles. The van der Waals surface area contributed by atoms with Gasteiger partial charge in [0.2, 0.25) is 0 Å². The third-order valence-electron chi connectivity index (χ3n) is 6.41. The largest absolute Gasteiger partial charge is 0.461 e. The molecule has 1 fully saturated rings. The van der Waals surface area contributed by atoms with Crippen molar-refractivity contribution in [3.63, 3.8) is 0 Å². The monoisotopic (exact) mass is 581 g/mol. The fourth-order valence-electron chi connectivity index (χ4n) is 4.55. The maximum absolute atomic E-state index is 15.7. The van der Waals surface area contributed by atoms with Gasteiger partial charge in [-0.3, -0.25) is 5.32 Å². The van der Waals surface area contributed by atoms with Crippen LogP contribution in [0.25, 0.3) is 11.3 Å². The van der Waals surface area contributed by atoms with E-state index in [-0.39, 0.29) is 29.3 Å². The Labute approximate surface area is 244 Å². The number of esters is 1. The Morgan fingerprint density at radius 2 is 1.85 bits per heavy atom. The van der Waals surface area contributed by atoms with Crippen molar-refractivity contribution in [1.82, 2.24) is 25.6 Å². The van der Waals surface area contributed by atoms with E-state index in [2.05, 4.69) is 20.9 Å². The van der Waals surface area contributed by atoms with E-state index in [4.69, 9.17) is 21.7 Å². The molecule has 0 spiro atoms. The van der Waals surface area contributed by atoms with E-state index in [0.29, 0.717) is 11.7 Å². The Bertz CT molecular complexity index is 1400. The average molecular weight is 582 g/mol. The minimum absolute atomic E-state index is 0.0375. The molecule has 9 nitrogen and oxygen atoms in total. The molecular formula is C30H36FN5O4S. The lowest BCUT2D eigenvalue weighted by molar-refractivity contribution is -0.157. The van der Waals surface area contributed by atoms with Crippen LogP contribution in [0, 0.1) is 11.2 Å². The summed E-state index contributed by atoms with van der Waals surface area (Å²) in [6.45, 7) is 9.32. The smallest absolute Gasteiger partial charge is 0.413 e. The summed E-state index contributed by atoms with van der Waals surface area (Å²) in [5.41, 5.74) is -0.329. The van der Waals surface area contributed by atoms with Crippen molar-refractivity contribution >= 4 is 29.4 Å². The molecule has 1 atom stereocenters. The van der Waals surface area contributed by atoms with Gasteiger partial charge in [-0.2, -0.15) is 0 Å². The molecule has 0 bridgehead atoms. The van der Waals surface area contributed by atoms with Gasteiger partial charge in [0, 0.05) is 5.56 Å². The number of rotatable bonds is 9. The molecular weight excluding hydrogens is 545 g/mol. The molecule has 0 aliphatic heterocycles. The molecule has 1 aliphatic rings. The lowest BCUT2D eigenvalue weighted by Gasteiger charge is -2.39. The summed E-state index contributed by atoms with van der Waals surface area (Å²) >= 11 is 5.45. The Morgan fingerprint density at radius 3 is 2.46 bits per heavy atom. The number of alkyl carbamates (subject to hydrolysis) is 1. The maximum atomic E-state index is 15.7. The maximum Gasteiger partial charge on any atom is 0.413 e. The summed E-state index contributed by atoms with van der Waals surface area (Å²) in [7, 11) is 0. The van der Waals surface area contributed by atoms with Gasteiger partial charge in [0.1, 0.15) is 18.1 Å². The third-order valence-corrected chi connectivity index (χ3v) is 6.62. The highest BCUT2D eigenvalue weighted by molar-refractivity contribution is 7.80. The fraction of sp³-hybridized carbons (Fsp3) is 0.433. The molecule has 3 aromatic rings. The number of halogens is 1. The van der Waals surface area contributed by atoms with Gasteiger partial charge in [-0.25, -0.2) is 18.7 Å². The average Bonchev–Trinajstić information content (AvgIpc) is 3.63. The number of nitrogens with zero attached hydrogens (tertiary/aromatic N) is 3. The first-order chi connectivity index (χ1) is 19.4. The van der Waals surface area contributed by atoms with Gasteiger partial charge in [0.05, 0.1) is 18.3 Å². The first-order valence-corrected chi connectivity index (χ1v) is 14.0. The second kappa shape index (κ2) is 12.3. The second-order valence-electron chi connectivity index (χ2n) is 11.7. The van der Waals surface area contributed by atoms with Crippen LogP contribution in [0.1, 0.15) is 71.0 Å². The summed E-state index contributed by atoms with van der Waals surface area (Å²) in [5.74, 6) is -1.24. The minimum Gasteiger partial charge on any atom is -0.461 e. The lowest BCUT2D eigenvalue weighted by Crippen LogP contribution is -2.58. The number of amides is 1. The third kappa shape index (κ3) is 7.87. The summed E-state index contributed by atoms with van der Waals surface area (Å²) < 4.78 is 28.4. The summed E-state index contributed by atoms with van der Waals surface area (Å²) in [5, 5.41) is 13.6. The van der Waals surface area contributed by atoms with Crippen LogP contribution >= 0.6 is 12.2 Å². The summed E-state index contributed by atoms with van der Waals surface area (Å²) in [6.07, 6.45) is 2.69. The molecule has 4 rings (SSSR count). The molecule has 1 aliphatic carbocycles. The molecule has 0 radical (unpaired) electrons. The van der Waals surface area contributed by atoms with E-state index in [1.54, 1.807) is 36.9 Å². The van der Waals surface area contributed by atoms with Gasteiger partial charge >= 0.3 is 12.1 Å². The molecule has 1 amide bonds. The summed E-state index contributed by atoms with van der Waals surface area (Å²) in [6, 6.07) is 14.0. The van der Waals surface area contributed by atoms with E-state index >= 15 is 4.39 Å². The van der Waals surface area contributed by atoms with Crippen molar-refractivity contribution in [3.8, 4) is 11.3 Å². The topological polar surface area (TPSA) is 107 Å². The van der Waals surface area contributed by atoms with Gasteiger partial charge in [0.25, 0.3) is 0 Å². The number of thiocarbonyl (C=S) groups is 1. The van der Waals surface area contributed by atoms with Crippen LogP contribution in [0.5, 0.6) is 0 Å². The number of carbonyl (C=O) groups is 2. The van der Waals surface area contributed by atoms with Crippen molar-refractivity contribution in [2.75, 3.05) is 0 Å². The number of benzene rings is 2. The molecule has 1 saturated carbocycles. The predicted molar refractivity (Wildman–Crippen MR) is 156 cm³/mol. The zero-order chi connectivity index (χ0) is 29.8. The minimum atomic E-state index is -1.63.